The molecular formula is C54H80N14O10. The summed E-state index contributed by atoms with van der Waals surface area (Å²) in [7, 11) is 6.35. The molecule has 0 aliphatic carbocycles. The Hall–Kier alpha value is -7.02. The van der Waals surface area contributed by atoms with Crippen molar-refractivity contribution in [3.63, 3.8) is 0 Å². The van der Waals surface area contributed by atoms with E-state index in [0.717, 1.165) is 0 Å². The van der Waals surface area contributed by atoms with Gasteiger partial charge in [0.05, 0.1) is 75.1 Å². The largest absolute Gasteiger partial charge is 0.494 e. The number of hydrogen-bond donors (Lipinski definition) is 8. The lowest BCUT2D eigenvalue weighted by Gasteiger charge is -2.36. The highest BCUT2D eigenvalue weighted by atomic mass is 16.5. The van der Waals surface area contributed by atoms with Crippen LogP contribution in [0, 0.1) is 10.8 Å². The monoisotopic (exact) mass is 1080 g/mol. The average molecular weight is 1090 g/mol. The highest BCUT2D eigenvalue weighted by Crippen LogP contribution is 2.36. The summed E-state index contributed by atoms with van der Waals surface area (Å²) in [5.41, 5.74) is 0.709. The van der Waals surface area contributed by atoms with E-state index in [1.165, 1.54) is 26.9 Å². The van der Waals surface area contributed by atoms with Crippen LogP contribution in [-0.4, -0.2) is 182 Å². The van der Waals surface area contributed by atoms with Gasteiger partial charge in [-0.25, -0.2) is 19.9 Å². The third-order valence-corrected chi connectivity index (χ3v) is 14.0. The Kier molecular flexibility index (Phi) is 20.9. The van der Waals surface area contributed by atoms with Gasteiger partial charge in [-0.3, -0.25) is 28.8 Å². The normalized spacial score (nSPS) is 17.2. The van der Waals surface area contributed by atoms with E-state index < -0.39 is 47.1 Å². The number of amides is 6. The minimum Gasteiger partial charge on any atom is -0.494 e. The van der Waals surface area contributed by atoms with Crippen molar-refractivity contribution in [3.05, 3.63) is 36.9 Å². The van der Waals surface area contributed by atoms with E-state index in [-0.39, 0.29) is 35.4 Å². The Balaban J connectivity index is 0.984. The van der Waals surface area contributed by atoms with E-state index in [1.54, 1.807) is 62.0 Å². The number of ether oxygens (including phenoxy) is 4. The molecule has 2 fully saturated rings. The van der Waals surface area contributed by atoms with Gasteiger partial charge in [0.2, 0.25) is 35.4 Å². The molecule has 426 valence electrons. The van der Waals surface area contributed by atoms with Gasteiger partial charge in [-0.1, -0.05) is 41.5 Å². The number of likely N-dealkylation sites (tertiary alicyclic amines) is 2. The lowest BCUT2D eigenvalue weighted by Crippen LogP contribution is -2.59. The van der Waals surface area contributed by atoms with Crippen LogP contribution in [0.3, 0.4) is 0 Å². The van der Waals surface area contributed by atoms with Crippen LogP contribution in [0.1, 0.15) is 81.1 Å². The molecule has 2 aromatic carbocycles. The van der Waals surface area contributed by atoms with E-state index >= 15 is 0 Å². The first-order chi connectivity index (χ1) is 37.1. The summed E-state index contributed by atoms with van der Waals surface area (Å²) in [6, 6.07) is 2.69. The van der Waals surface area contributed by atoms with Crippen molar-refractivity contribution in [2.24, 2.45) is 10.8 Å². The third-order valence-electron chi connectivity index (χ3n) is 14.0. The van der Waals surface area contributed by atoms with E-state index in [2.05, 4.69) is 62.5 Å². The zero-order valence-electron chi connectivity index (χ0n) is 47.2. The first-order valence-corrected chi connectivity index (χ1v) is 26.6. The molecule has 0 unspecified atom stereocenters. The van der Waals surface area contributed by atoms with E-state index in [1.807, 2.05) is 41.5 Å². The van der Waals surface area contributed by atoms with Crippen molar-refractivity contribution in [1.82, 2.24) is 51.0 Å². The van der Waals surface area contributed by atoms with Gasteiger partial charge < -0.3 is 71.3 Å². The van der Waals surface area contributed by atoms with Gasteiger partial charge in [-0.2, -0.15) is 0 Å². The lowest BCUT2D eigenvalue weighted by molar-refractivity contribution is -0.143. The summed E-state index contributed by atoms with van der Waals surface area (Å²) in [4.78, 5) is 103. The second-order valence-electron chi connectivity index (χ2n) is 21.7. The zero-order valence-corrected chi connectivity index (χ0v) is 47.2. The van der Waals surface area contributed by atoms with Crippen LogP contribution in [0.25, 0.3) is 21.8 Å². The Morgan fingerprint density at radius 1 is 0.590 bits per heavy atom. The number of carbonyl (C=O) groups is 6. The highest BCUT2D eigenvalue weighted by Gasteiger charge is 2.44. The minimum atomic E-state index is -0.846. The number of aromatic nitrogens is 4. The predicted octanol–water partition coefficient (Wildman–Crippen LogP) is 3.28. The van der Waals surface area contributed by atoms with Crippen LogP contribution >= 0.6 is 0 Å². The summed E-state index contributed by atoms with van der Waals surface area (Å²) >= 11 is 0. The standard InChI is InChI=1S/C54H80N14O10/c1-31(55-9)47(69)65-43(53(3,4)5)51(73)67-19-13-15-39(67)49(71)63-37-25-33-35(27-41(37)75-11)59-29-61-45(33)57-17-21-77-23-24-78-22-18-58-46-34-26-38(42(76-12)28-36(34)60-30-62-46)64-50(72)40-16-14-20-68(40)52(74)44(54(6,7)8)66-48(70)32(2)56-10/h25-32,39-40,43-44,55-56H,13-24H2,1-12H3,(H,63,71)(H,64,72)(H,65,69)(H,66,70)(H,57,59,61)(H,58,60,62)/t31-,32-,39-,40-,43+,44+/m0/s1. The molecule has 78 heavy (non-hydrogen) atoms. The van der Waals surface area contributed by atoms with Gasteiger partial charge in [0.15, 0.2) is 0 Å². The molecule has 6 rings (SSSR count). The Morgan fingerprint density at radius 2 is 0.974 bits per heavy atom. The summed E-state index contributed by atoms with van der Waals surface area (Å²) in [6.07, 6.45) is 5.04. The van der Waals surface area contributed by atoms with Crippen molar-refractivity contribution < 1.29 is 47.7 Å². The predicted molar refractivity (Wildman–Crippen MR) is 297 cm³/mol. The molecule has 2 aliphatic rings. The maximum atomic E-state index is 14.0. The number of carbonyl (C=O) groups excluding carboxylic acids is 6. The van der Waals surface area contributed by atoms with Crippen molar-refractivity contribution in [1.29, 1.82) is 0 Å². The van der Waals surface area contributed by atoms with Crippen molar-refractivity contribution in [2.75, 3.05) is 102 Å². The smallest absolute Gasteiger partial charge is 0.247 e. The molecule has 4 heterocycles. The lowest BCUT2D eigenvalue weighted by atomic mass is 9.85. The third kappa shape index (κ3) is 15.0. The van der Waals surface area contributed by atoms with Gasteiger partial charge in [0.25, 0.3) is 0 Å². The number of nitrogens with one attached hydrogen (secondary N) is 8. The Morgan fingerprint density at radius 3 is 1.32 bits per heavy atom. The molecule has 0 radical (unpaired) electrons. The summed E-state index contributed by atoms with van der Waals surface area (Å²) in [6.45, 7) is 17.6. The molecule has 0 saturated carbocycles. The molecule has 24 nitrogen and oxygen atoms in total. The Bertz CT molecular complexity index is 2580. The number of nitrogens with zero attached hydrogens (tertiary/aromatic N) is 6. The number of fused-ring (bicyclic) bond motifs is 2. The summed E-state index contributed by atoms with van der Waals surface area (Å²) < 4.78 is 23.0. The number of rotatable bonds is 25. The zero-order chi connectivity index (χ0) is 56.9. The first-order valence-electron chi connectivity index (χ1n) is 26.6. The van der Waals surface area contributed by atoms with Gasteiger partial charge in [-0.15, -0.1) is 0 Å². The van der Waals surface area contributed by atoms with Crippen molar-refractivity contribution in [2.45, 2.75) is 117 Å². The van der Waals surface area contributed by atoms with Crippen LogP contribution in [0.4, 0.5) is 23.0 Å². The maximum absolute atomic E-state index is 14.0. The SMILES string of the molecule is CN[C@@H](C)C(=O)N[C@H](C(=O)N1CCC[C@H]1C(=O)Nc1cc2c(NCCOCCOCCNc3ncnc4cc(OC)c(NC(=O)[C@@H]5CCCN5C(=O)[C@@H](NC(=O)[C@H](C)NC)C(C)(C)C)cc34)ncnc2cc1OC)C(C)(C)C. The molecule has 2 aliphatic heterocycles. The summed E-state index contributed by atoms with van der Waals surface area (Å²) in [5.74, 6) is -0.186. The fraction of sp³-hybridized carbons (Fsp3) is 0.593. The van der Waals surface area contributed by atoms with Crippen molar-refractivity contribution >= 4 is 80.3 Å². The second kappa shape index (κ2) is 27.0. The number of methoxy groups -OCH3 is 2. The molecule has 2 saturated heterocycles. The Labute approximate surface area is 456 Å². The maximum Gasteiger partial charge on any atom is 0.247 e. The van der Waals surface area contributed by atoms with Crippen LogP contribution < -0.4 is 52.0 Å². The van der Waals surface area contributed by atoms with Gasteiger partial charge in [-0.05, 0) is 76.6 Å². The number of hydrogen-bond acceptors (Lipinski definition) is 18. The second-order valence-corrected chi connectivity index (χ2v) is 21.7. The number of likely N-dealkylation sites (N-methyl/N-ethyl adjacent to an activating group) is 2. The van der Waals surface area contributed by atoms with E-state index in [9.17, 15) is 28.8 Å². The molecular weight excluding hydrogens is 1000 g/mol. The van der Waals surface area contributed by atoms with Gasteiger partial charge in [0, 0.05) is 49.1 Å². The molecule has 6 atom stereocenters. The summed E-state index contributed by atoms with van der Waals surface area (Å²) in [5, 5.41) is 25.4. The molecule has 4 aromatic rings. The van der Waals surface area contributed by atoms with Crippen LogP contribution in [0.15, 0.2) is 36.9 Å². The van der Waals surface area contributed by atoms with E-state index in [4.69, 9.17) is 18.9 Å². The number of anilines is 4. The van der Waals surface area contributed by atoms with Crippen LogP contribution in [0.5, 0.6) is 11.5 Å². The molecule has 24 heteroatoms. The molecule has 6 amide bonds. The van der Waals surface area contributed by atoms with E-state index in [0.29, 0.717) is 135 Å². The van der Waals surface area contributed by atoms with Crippen LogP contribution in [-0.2, 0) is 38.2 Å². The first kappa shape index (κ1) is 60.2. The average Bonchev–Trinajstić information content (AvgIpc) is 4.15. The molecule has 0 bridgehead atoms. The fourth-order valence-electron chi connectivity index (χ4n) is 9.25. The van der Waals surface area contributed by atoms with Gasteiger partial charge in [0.1, 0.15) is 60.0 Å². The number of benzene rings is 2. The van der Waals surface area contributed by atoms with Crippen LogP contribution in [0.2, 0.25) is 0 Å². The van der Waals surface area contributed by atoms with Gasteiger partial charge >= 0.3 is 0 Å². The molecule has 8 N–H and O–H groups in total. The minimum absolute atomic E-state index is 0.305. The topological polar surface area (TPSA) is 294 Å². The molecule has 2 aromatic heterocycles. The molecule has 0 spiro atoms. The highest BCUT2D eigenvalue weighted by molar-refractivity contribution is 6.04. The van der Waals surface area contributed by atoms with Crippen molar-refractivity contribution in [3.8, 4) is 11.5 Å². The quantitative estimate of drug-likeness (QED) is 0.0442. The fourth-order valence-corrected chi connectivity index (χ4v) is 9.25.